The van der Waals surface area contributed by atoms with Gasteiger partial charge in [0.15, 0.2) is 0 Å². The minimum Gasteiger partial charge on any atom is -0.345 e. The van der Waals surface area contributed by atoms with E-state index in [1.54, 1.807) is 13.8 Å². The highest BCUT2D eigenvalue weighted by Crippen LogP contribution is 2.31. The van der Waals surface area contributed by atoms with Gasteiger partial charge in [-0.2, -0.15) is 13.2 Å². The molecular formula is C21H19F4N3O3S. The molecule has 6 nitrogen and oxygen atoms in total. The molecule has 32 heavy (non-hydrogen) atoms. The molecule has 3 aromatic rings. The first kappa shape index (κ1) is 23.5. The van der Waals surface area contributed by atoms with E-state index >= 15 is 0 Å². The Balaban J connectivity index is 1.82. The molecule has 11 heteroatoms. The second-order valence-electron chi connectivity index (χ2n) is 7.39. The van der Waals surface area contributed by atoms with E-state index in [1.165, 1.54) is 18.2 Å². The average molecular weight is 469 g/mol. The predicted molar refractivity (Wildman–Crippen MR) is 112 cm³/mol. The van der Waals surface area contributed by atoms with Gasteiger partial charge in [0.05, 0.1) is 34.6 Å². The first-order chi connectivity index (χ1) is 14.7. The van der Waals surface area contributed by atoms with Gasteiger partial charge < -0.3 is 5.32 Å². The maximum Gasteiger partial charge on any atom is 0.416 e. The zero-order chi connectivity index (χ0) is 23.8. The Labute approximate surface area is 181 Å². The van der Waals surface area contributed by atoms with E-state index in [1.807, 2.05) is 0 Å². The molecule has 0 aliphatic rings. The molecule has 0 bridgehead atoms. The van der Waals surface area contributed by atoms with Crippen LogP contribution in [0, 0.1) is 12.7 Å². The summed E-state index contributed by atoms with van der Waals surface area (Å²) < 4.78 is 78.1. The number of hydrogen-bond donors (Lipinski definition) is 2. The molecule has 0 aliphatic heterocycles. The first-order valence-corrected chi connectivity index (χ1v) is 11.2. The van der Waals surface area contributed by atoms with Crippen LogP contribution in [0.5, 0.6) is 0 Å². The van der Waals surface area contributed by atoms with Crippen molar-refractivity contribution in [1.82, 2.24) is 10.3 Å². The molecule has 1 amide bonds. The van der Waals surface area contributed by atoms with Crippen LogP contribution in [-0.2, 0) is 16.2 Å². The van der Waals surface area contributed by atoms with Crippen LogP contribution in [0.15, 0.2) is 42.6 Å². The highest BCUT2D eigenvalue weighted by Gasteiger charge is 2.30. The van der Waals surface area contributed by atoms with Crippen molar-refractivity contribution < 1.29 is 30.8 Å². The van der Waals surface area contributed by atoms with Crippen molar-refractivity contribution in [3.63, 3.8) is 0 Å². The Kier molecular flexibility index (Phi) is 6.14. The number of alkyl halides is 3. The van der Waals surface area contributed by atoms with E-state index in [4.69, 9.17) is 0 Å². The summed E-state index contributed by atoms with van der Waals surface area (Å²) in [6.07, 6.45) is -2.41. The fraction of sp³-hybridized carbons (Fsp3) is 0.238. The van der Waals surface area contributed by atoms with Gasteiger partial charge in [-0.3, -0.25) is 14.5 Å². The van der Waals surface area contributed by atoms with Crippen molar-refractivity contribution in [2.24, 2.45) is 0 Å². The summed E-state index contributed by atoms with van der Waals surface area (Å²) >= 11 is 0. The highest BCUT2D eigenvalue weighted by molar-refractivity contribution is 7.92. The summed E-state index contributed by atoms with van der Waals surface area (Å²) in [7, 11) is -3.59. The summed E-state index contributed by atoms with van der Waals surface area (Å²) in [5.74, 6) is -1.31. The number of fused-ring (bicyclic) bond motifs is 1. The van der Waals surface area contributed by atoms with Crippen molar-refractivity contribution in [2.75, 3.05) is 11.0 Å². The van der Waals surface area contributed by atoms with E-state index < -0.39 is 39.5 Å². The number of carbonyl (C=O) groups excluding carboxylic acids is 1. The number of aromatic nitrogens is 1. The molecule has 1 aromatic heterocycles. The van der Waals surface area contributed by atoms with E-state index in [0.29, 0.717) is 10.9 Å². The topological polar surface area (TPSA) is 88.2 Å². The molecule has 0 aliphatic carbocycles. The number of benzene rings is 2. The maximum absolute atomic E-state index is 14.6. The number of nitrogens with one attached hydrogen (secondary N) is 2. The molecule has 2 aromatic carbocycles. The van der Waals surface area contributed by atoms with Gasteiger partial charge in [0.25, 0.3) is 5.91 Å². The van der Waals surface area contributed by atoms with Crippen LogP contribution in [0.25, 0.3) is 10.9 Å². The first-order valence-electron chi connectivity index (χ1n) is 9.30. The van der Waals surface area contributed by atoms with Crippen molar-refractivity contribution in [3.8, 4) is 0 Å². The summed E-state index contributed by atoms with van der Waals surface area (Å²) in [6.45, 7) is 3.14. The van der Waals surface area contributed by atoms with Crippen molar-refractivity contribution in [2.45, 2.75) is 26.1 Å². The van der Waals surface area contributed by atoms with E-state index in [2.05, 4.69) is 15.0 Å². The van der Waals surface area contributed by atoms with Gasteiger partial charge >= 0.3 is 6.18 Å². The second kappa shape index (κ2) is 8.38. The van der Waals surface area contributed by atoms with E-state index in [0.717, 1.165) is 30.7 Å². The standard InChI is InChI=1S/C21H19F4N3O3S/c1-11-6-16(17(22)9-18(11)28-32(3,30)31)12(2)27-20(29)14-7-13-4-5-15(21(23,24)25)8-19(13)26-10-14/h4-10,12,28H,1-3H3,(H,27,29). The lowest BCUT2D eigenvalue weighted by atomic mass is 10.0. The number of sulfonamides is 1. The maximum atomic E-state index is 14.6. The second-order valence-corrected chi connectivity index (χ2v) is 9.14. The van der Waals surface area contributed by atoms with Crippen LogP contribution < -0.4 is 10.0 Å². The molecule has 0 fully saturated rings. The third-order valence-corrected chi connectivity index (χ3v) is 5.32. The lowest BCUT2D eigenvalue weighted by Crippen LogP contribution is -2.27. The molecule has 0 saturated heterocycles. The zero-order valence-corrected chi connectivity index (χ0v) is 18.0. The fourth-order valence-corrected chi connectivity index (χ4v) is 3.74. The zero-order valence-electron chi connectivity index (χ0n) is 17.2. The molecule has 0 spiro atoms. The number of aryl methyl sites for hydroxylation is 1. The molecule has 0 radical (unpaired) electrons. The number of halogens is 4. The molecular weight excluding hydrogens is 450 g/mol. The van der Waals surface area contributed by atoms with Crippen LogP contribution in [0.1, 0.15) is 40.0 Å². The predicted octanol–water partition coefficient (Wildman–Crippen LogP) is 4.56. The summed E-state index contributed by atoms with van der Waals surface area (Å²) in [5.41, 5.74) is 0.0168. The average Bonchev–Trinajstić information content (AvgIpc) is 2.67. The Morgan fingerprint density at radius 2 is 1.81 bits per heavy atom. The largest absolute Gasteiger partial charge is 0.416 e. The van der Waals surface area contributed by atoms with Crippen LogP contribution in [-0.4, -0.2) is 25.6 Å². The Bertz CT molecular complexity index is 1310. The third kappa shape index (κ3) is 5.34. The summed E-state index contributed by atoms with van der Waals surface area (Å²) in [4.78, 5) is 16.5. The minimum absolute atomic E-state index is 0.0834. The number of carbonyl (C=O) groups is 1. The Morgan fingerprint density at radius 3 is 2.44 bits per heavy atom. The number of anilines is 1. The summed E-state index contributed by atoms with van der Waals surface area (Å²) in [5, 5.41) is 2.95. The molecule has 2 N–H and O–H groups in total. The normalized spacial score (nSPS) is 13.1. The molecule has 3 rings (SSSR count). The van der Waals surface area contributed by atoms with Crippen molar-refractivity contribution in [1.29, 1.82) is 0 Å². The molecule has 1 unspecified atom stereocenters. The van der Waals surface area contributed by atoms with Gasteiger partial charge in [0.1, 0.15) is 5.82 Å². The number of rotatable bonds is 5. The fourth-order valence-electron chi connectivity index (χ4n) is 3.13. The lowest BCUT2D eigenvalue weighted by molar-refractivity contribution is -0.137. The Hall–Kier alpha value is -3.21. The van der Waals surface area contributed by atoms with Gasteiger partial charge in [0, 0.05) is 17.1 Å². The third-order valence-electron chi connectivity index (χ3n) is 4.73. The molecule has 1 atom stereocenters. The minimum atomic E-state index is -4.50. The van der Waals surface area contributed by atoms with Gasteiger partial charge in [0.2, 0.25) is 10.0 Å². The summed E-state index contributed by atoms with van der Waals surface area (Å²) in [6, 6.07) is 6.09. The quantitative estimate of drug-likeness (QED) is 0.536. The highest BCUT2D eigenvalue weighted by atomic mass is 32.2. The number of nitrogens with zero attached hydrogens (tertiary/aromatic N) is 1. The number of hydrogen-bond acceptors (Lipinski definition) is 4. The van der Waals surface area contributed by atoms with Gasteiger partial charge in [-0.05, 0) is 49.7 Å². The monoisotopic (exact) mass is 469 g/mol. The van der Waals surface area contributed by atoms with Crippen molar-refractivity contribution >= 4 is 32.5 Å². The van der Waals surface area contributed by atoms with Crippen LogP contribution >= 0.6 is 0 Å². The van der Waals surface area contributed by atoms with Gasteiger partial charge in [-0.25, -0.2) is 12.8 Å². The van der Waals surface area contributed by atoms with E-state index in [-0.39, 0.29) is 22.3 Å². The van der Waals surface area contributed by atoms with Crippen LogP contribution in [0.4, 0.5) is 23.2 Å². The molecule has 1 heterocycles. The SMILES string of the molecule is Cc1cc(C(C)NC(=O)c2cnc3cc(C(F)(F)F)ccc3c2)c(F)cc1NS(C)(=O)=O. The number of amides is 1. The Morgan fingerprint density at radius 1 is 1.12 bits per heavy atom. The number of pyridine rings is 1. The van der Waals surface area contributed by atoms with Crippen LogP contribution in [0.2, 0.25) is 0 Å². The van der Waals surface area contributed by atoms with Gasteiger partial charge in [-0.15, -0.1) is 0 Å². The van der Waals surface area contributed by atoms with Crippen LogP contribution in [0.3, 0.4) is 0 Å². The lowest BCUT2D eigenvalue weighted by Gasteiger charge is -2.18. The van der Waals surface area contributed by atoms with Crippen molar-refractivity contribution in [3.05, 3.63) is 70.7 Å². The molecule has 0 saturated carbocycles. The van der Waals surface area contributed by atoms with E-state index in [9.17, 15) is 30.8 Å². The smallest absolute Gasteiger partial charge is 0.345 e. The molecule has 170 valence electrons. The van der Waals surface area contributed by atoms with Gasteiger partial charge in [-0.1, -0.05) is 6.07 Å².